The average molecular weight is 197 g/mol. The average Bonchev–Trinajstić information content (AvgIpc) is 2.18. The SMILES string of the molecule is CNCC(O)C(O)c1ccc(O)cc1. The largest absolute Gasteiger partial charge is 0.508 e. The molecule has 0 saturated heterocycles. The van der Waals surface area contributed by atoms with Gasteiger partial charge in [-0.25, -0.2) is 0 Å². The Labute approximate surface area is 82.8 Å². The molecule has 0 heterocycles. The van der Waals surface area contributed by atoms with Crippen molar-refractivity contribution in [2.24, 2.45) is 0 Å². The van der Waals surface area contributed by atoms with E-state index in [1.165, 1.54) is 12.1 Å². The number of hydrogen-bond acceptors (Lipinski definition) is 4. The van der Waals surface area contributed by atoms with Gasteiger partial charge in [0, 0.05) is 6.54 Å². The number of aromatic hydroxyl groups is 1. The Morgan fingerprint density at radius 1 is 1.21 bits per heavy atom. The lowest BCUT2D eigenvalue weighted by Gasteiger charge is -2.17. The van der Waals surface area contributed by atoms with E-state index in [4.69, 9.17) is 5.11 Å². The van der Waals surface area contributed by atoms with Crippen LogP contribution in [0.3, 0.4) is 0 Å². The Morgan fingerprint density at radius 2 is 1.79 bits per heavy atom. The maximum atomic E-state index is 9.64. The van der Waals surface area contributed by atoms with Gasteiger partial charge in [0.05, 0.1) is 6.10 Å². The fraction of sp³-hybridized carbons (Fsp3) is 0.400. The molecule has 0 aliphatic carbocycles. The Kier molecular flexibility index (Phi) is 3.88. The lowest BCUT2D eigenvalue weighted by atomic mass is 10.0. The summed E-state index contributed by atoms with van der Waals surface area (Å²) in [6, 6.07) is 6.12. The monoisotopic (exact) mass is 197 g/mol. The minimum atomic E-state index is -0.928. The van der Waals surface area contributed by atoms with Crippen LogP contribution in [0.25, 0.3) is 0 Å². The standard InChI is InChI=1S/C10H15NO3/c1-11-6-9(13)10(14)7-2-4-8(12)5-3-7/h2-5,9-14H,6H2,1H3. The van der Waals surface area contributed by atoms with Crippen LogP contribution in [0.1, 0.15) is 11.7 Å². The molecule has 1 aromatic carbocycles. The summed E-state index contributed by atoms with van der Waals surface area (Å²) in [5, 5.41) is 30.9. The molecule has 0 spiro atoms. The van der Waals surface area contributed by atoms with Crippen LogP contribution in [-0.4, -0.2) is 35.0 Å². The van der Waals surface area contributed by atoms with Crippen LogP contribution >= 0.6 is 0 Å². The first-order valence-electron chi connectivity index (χ1n) is 4.45. The van der Waals surface area contributed by atoms with Crippen molar-refractivity contribution in [2.75, 3.05) is 13.6 Å². The maximum absolute atomic E-state index is 9.64. The third-order valence-corrected chi connectivity index (χ3v) is 2.01. The molecule has 4 heteroatoms. The van der Waals surface area contributed by atoms with Crippen LogP contribution in [0.4, 0.5) is 0 Å². The molecule has 0 saturated carbocycles. The first kappa shape index (κ1) is 11.0. The van der Waals surface area contributed by atoms with Gasteiger partial charge in [0.25, 0.3) is 0 Å². The Balaban J connectivity index is 2.68. The van der Waals surface area contributed by atoms with Crippen molar-refractivity contribution in [3.05, 3.63) is 29.8 Å². The third-order valence-electron chi connectivity index (χ3n) is 2.01. The first-order valence-corrected chi connectivity index (χ1v) is 4.45. The van der Waals surface area contributed by atoms with E-state index < -0.39 is 12.2 Å². The number of likely N-dealkylation sites (N-methyl/N-ethyl adjacent to an activating group) is 1. The van der Waals surface area contributed by atoms with Crippen LogP contribution in [0, 0.1) is 0 Å². The second-order valence-electron chi connectivity index (χ2n) is 3.16. The van der Waals surface area contributed by atoms with Crippen molar-refractivity contribution < 1.29 is 15.3 Å². The van der Waals surface area contributed by atoms with Crippen molar-refractivity contribution in [1.82, 2.24) is 5.32 Å². The van der Waals surface area contributed by atoms with Gasteiger partial charge in [-0.3, -0.25) is 0 Å². The minimum Gasteiger partial charge on any atom is -0.508 e. The maximum Gasteiger partial charge on any atom is 0.115 e. The number of rotatable bonds is 4. The van der Waals surface area contributed by atoms with Crippen LogP contribution in [0.15, 0.2) is 24.3 Å². The van der Waals surface area contributed by atoms with E-state index in [1.54, 1.807) is 19.2 Å². The van der Waals surface area contributed by atoms with Gasteiger partial charge in [0.1, 0.15) is 11.9 Å². The molecule has 0 amide bonds. The number of phenols is 1. The quantitative estimate of drug-likeness (QED) is 0.548. The number of aliphatic hydroxyl groups excluding tert-OH is 2. The van der Waals surface area contributed by atoms with Crippen molar-refractivity contribution >= 4 is 0 Å². The number of phenolic OH excluding ortho intramolecular Hbond substituents is 1. The number of hydrogen-bond donors (Lipinski definition) is 4. The van der Waals surface area contributed by atoms with Gasteiger partial charge in [-0.05, 0) is 24.7 Å². The topological polar surface area (TPSA) is 72.7 Å². The van der Waals surface area contributed by atoms with Gasteiger partial charge in [-0.15, -0.1) is 0 Å². The molecule has 1 rings (SSSR count). The Hall–Kier alpha value is -1.10. The number of aliphatic hydroxyl groups is 2. The molecule has 4 N–H and O–H groups in total. The van der Waals surface area contributed by atoms with E-state index in [9.17, 15) is 10.2 Å². The summed E-state index contributed by atoms with van der Waals surface area (Å²) < 4.78 is 0. The van der Waals surface area contributed by atoms with E-state index >= 15 is 0 Å². The lowest BCUT2D eigenvalue weighted by molar-refractivity contribution is 0.0202. The fourth-order valence-corrected chi connectivity index (χ4v) is 1.21. The first-order chi connectivity index (χ1) is 6.65. The van der Waals surface area contributed by atoms with Gasteiger partial charge < -0.3 is 20.6 Å². The Bertz CT molecular complexity index is 273. The number of nitrogens with one attached hydrogen (secondary N) is 1. The molecule has 14 heavy (non-hydrogen) atoms. The van der Waals surface area contributed by atoms with Gasteiger partial charge in [-0.1, -0.05) is 12.1 Å². The molecule has 0 radical (unpaired) electrons. The summed E-state index contributed by atoms with van der Waals surface area (Å²) in [7, 11) is 1.70. The molecule has 0 aliphatic heterocycles. The molecule has 2 atom stereocenters. The molecular weight excluding hydrogens is 182 g/mol. The molecule has 1 aromatic rings. The number of benzene rings is 1. The normalized spacial score (nSPS) is 15.1. The highest BCUT2D eigenvalue weighted by Gasteiger charge is 2.16. The molecule has 0 fully saturated rings. The smallest absolute Gasteiger partial charge is 0.115 e. The Morgan fingerprint density at radius 3 is 2.29 bits per heavy atom. The highest BCUT2D eigenvalue weighted by atomic mass is 16.3. The summed E-state index contributed by atoms with van der Waals surface area (Å²) in [4.78, 5) is 0. The minimum absolute atomic E-state index is 0.143. The van der Waals surface area contributed by atoms with Crippen molar-refractivity contribution in [2.45, 2.75) is 12.2 Å². The van der Waals surface area contributed by atoms with E-state index in [0.29, 0.717) is 12.1 Å². The molecule has 0 aliphatic rings. The molecule has 0 bridgehead atoms. The van der Waals surface area contributed by atoms with E-state index in [0.717, 1.165) is 0 Å². The highest BCUT2D eigenvalue weighted by molar-refractivity contribution is 5.27. The van der Waals surface area contributed by atoms with E-state index in [-0.39, 0.29) is 5.75 Å². The van der Waals surface area contributed by atoms with Gasteiger partial charge >= 0.3 is 0 Å². The van der Waals surface area contributed by atoms with Crippen LogP contribution < -0.4 is 5.32 Å². The predicted molar refractivity (Wildman–Crippen MR) is 53.0 cm³/mol. The summed E-state index contributed by atoms with van der Waals surface area (Å²) >= 11 is 0. The lowest BCUT2D eigenvalue weighted by Crippen LogP contribution is -2.29. The highest BCUT2D eigenvalue weighted by Crippen LogP contribution is 2.19. The molecular formula is C10H15NO3. The van der Waals surface area contributed by atoms with Gasteiger partial charge in [0.2, 0.25) is 0 Å². The summed E-state index contributed by atoms with van der Waals surface area (Å²) in [6.07, 6.45) is -1.77. The summed E-state index contributed by atoms with van der Waals surface area (Å²) in [5.74, 6) is 0.143. The van der Waals surface area contributed by atoms with Crippen LogP contribution in [0.5, 0.6) is 5.75 Å². The van der Waals surface area contributed by atoms with Crippen molar-refractivity contribution in [3.63, 3.8) is 0 Å². The zero-order chi connectivity index (χ0) is 10.6. The van der Waals surface area contributed by atoms with Crippen molar-refractivity contribution in [1.29, 1.82) is 0 Å². The van der Waals surface area contributed by atoms with Crippen LogP contribution in [0.2, 0.25) is 0 Å². The molecule has 0 aromatic heterocycles. The summed E-state index contributed by atoms with van der Waals surface area (Å²) in [6.45, 7) is 0.321. The molecule has 2 unspecified atom stereocenters. The van der Waals surface area contributed by atoms with Gasteiger partial charge in [0.15, 0.2) is 0 Å². The molecule has 4 nitrogen and oxygen atoms in total. The van der Waals surface area contributed by atoms with E-state index in [1.807, 2.05) is 0 Å². The van der Waals surface area contributed by atoms with Gasteiger partial charge in [-0.2, -0.15) is 0 Å². The zero-order valence-corrected chi connectivity index (χ0v) is 8.01. The van der Waals surface area contributed by atoms with Crippen molar-refractivity contribution in [3.8, 4) is 5.75 Å². The van der Waals surface area contributed by atoms with E-state index in [2.05, 4.69) is 5.32 Å². The predicted octanol–water partition coefficient (Wildman–Crippen LogP) is 0.00590. The molecule has 78 valence electrons. The fourth-order valence-electron chi connectivity index (χ4n) is 1.21. The second kappa shape index (κ2) is 4.95. The van der Waals surface area contributed by atoms with Crippen LogP contribution in [-0.2, 0) is 0 Å². The second-order valence-corrected chi connectivity index (χ2v) is 3.16. The summed E-state index contributed by atoms with van der Waals surface area (Å²) in [5.41, 5.74) is 0.588. The third kappa shape index (κ3) is 2.70. The zero-order valence-electron chi connectivity index (χ0n) is 8.01.